The van der Waals surface area contributed by atoms with E-state index in [1.54, 1.807) is 0 Å². The zero-order valence-electron chi connectivity index (χ0n) is 18.1. The number of guanidine groups is 1. The van der Waals surface area contributed by atoms with E-state index in [9.17, 15) is 4.79 Å². The van der Waals surface area contributed by atoms with Crippen LogP contribution in [0.3, 0.4) is 0 Å². The molecule has 2 saturated carbocycles. The van der Waals surface area contributed by atoms with Crippen molar-refractivity contribution in [3.8, 4) is 0 Å². The number of carbonyl (C=O) groups excluding carboxylic acids is 1. The summed E-state index contributed by atoms with van der Waals surface area (Å²) in [7, 11) is 1.47. The molecule has 2 fully saturated rings. The largest absolute Gasteiger partial charge is 0.396 e. The van der Waals surface area contributed by atoms with E-state index >= 15 is 0 Å². The fourth-order valence-corrected chi connectivity index (χ4v) is 4.06. The molecule has 2 aromatic rings. The van der Waals surface area contributed by atoms with Gasteiger partial charge in [-0.3, -0.25) is 4.79 Å². The van der Waals surface area contributed by atoms with Gasteiger partial charge in [0.05, 0.1) is 5.52 Å². The van der Waals surface area contributed by atoms with Crippen LogP contribution in [0.5, 0.6) is 0 Å². The van der Waals surface area contributed by atoms with Crippen molar-refractivity contribution in [2.75, 3.05) is 19.0 Å². The van der Waals surface area contributed by atoms with Crippen LogP contribution in [0.15, 0.2) is 23.4 Å². The Morgan fingerprint density at radius 1 is 1.19 bits per heavy atom. The molecule has 0 aliphatic heterocycles. The van der Waals surface area contributed by atoms with Crippen LogP contribution in [0.4, 0.5) is 5.82 Å². The minimum Gasteiger partial charge on any atom is -0.396 e. The first-order valence-corrected chi connectivity index (χ1v) is 11.0. The number of hydrogen-bond acceptors (Lipinski definition) is 6. The van der Waals surface area contributed by atoms with E-state index in [-0.39, 0.29) is 29.8 Å². The summed E-state index contributed by atoms with van der Waals surface area (Å²) in [5.41, 5.74) is 7.78. The zero-order valence-corrected chi connectivity index (χ0v) is 18.1. The molecule has 166 valence electrons. The Kier molecular flexibility index (Phi) is 6.39. The first-order chi connectivity index (χ1) is 15.0. The van der Waals surface area contributed by atoms with E-state index in [1.807, 2.05) is 19.1 Å². The van der Waals surface area contributed by atoms with Crippen LogP contribution in [-0.4, -0.2) is 47.6 Å². The van der Waals surface area contributed by atoms with Crippen molar-refractivity contribution in [2.24, 2.45) is 16.8 Å². The average molecular weight is 426 g/mol. The lowest BCUT2D eigenvalue weighted by molar-refractivity contribution is 0.0942. The molecule has 1 heterocycles. The molecule has 9 heteroatoms. The van der Waals surface area contributed by atoms with Gasteiger partial charge < -0.3 is 26.5 Å². The summed E-state index contributed by atoms with van der Waals surface area (Å²) in [6, 6.07) is 6.15. The van der Waals surface area contributed by atoms with E-state index < -0.39 is 0 Å². The third-order valence-electron chi connectivity index (χ3n) is 5.91. The number of benzene rings is 1. The highest BCUT2D eigenvalue weighted by Crippen LogP contribution is 2.28. The van der Waals surface area contributed by atoms with Gasteiger partial charge >= 0.3 is 0 Å². The summed E-state index contributed by atoms with van der Waals surface area (Å²) in [6.45, 7) is 2.72. The molecule has 0 bridgehead atoms. The van der Waals surface area contributed by atoms with E-state index in [2.05, 4.69) is 37.1 Å². The Hall–Kier alpha value is -3.10. The standard InChI is InChI=1S/C22H31N7O2/c1-13-7-10-16-15(11-13)19(28-20(25-16)21(30)24-12-14-8-9-14)26-17-5-3-4-6-18(17)27-22(23)29-31-2/h7,10-11,14,17-18H,3-6,8-9,12H2,1-2H3,(H,24,30)(H3,23,27,29)(H,25,26,28)/t17-,18+/m0/s1. The number of aryl methyl sites for hydroxylation is 1. The molecule has 31 heavy (non-hydrogen) atoms. The number of carbonyl (C=O) groups is 1. The summed E-state index contributed by atoms with van der Waals surface area (Å²) in [5.74, 6) is 1.49. The molecule has 4 rings (SSSR count). The summed E-state index contributed by atoms with van der Waals surface area (Å²) in [5, 5.41) is 14.5. The second kappa shape index (κ2) is 9.36. The van der Waals surface area contributed by atoms with Gasteiger partial charge in [0.2, 0.25) is 11.8 Å². The van der Waals surface area contributed by atoms with Crippen molar-refractivity contribution < 1.29 is 9.63 Å². The van der Waals surface area contributed by atoms with Crippen molar-refractivity contribution in [3.63, 3.8) is 0 Å². The lowest BCUT2D eigenvalue weighted by Crippen LogP contribution is -2.51. The van der Waals surface area contributed by atoms with Crippen LogP contribution in [-0.2, 0) is 4.84 Å². The molecule has 2 aliphatic carbocycles. The number of oxime groups is 1. The summed E-state index contributed by atoms with van der Waals surface area (Å²) in [6.07, 6.45) is 6.47. The molecule has 2 atom stereocenters. The molecule has 0 spiro atoms. The van der Waals surface area contributed by atoms with Crippen LogP contribution in [0.25, 0.3) is 10.9 Å². The maximum atomic E-state index is 12.7. The van der Waals surface area contributed by atoms with Crippen molar-refractivity contribution in [2.45, 2.75) is 57.5 Å². The molecule has 0 radical (unpaired) electrons. The Morgan fingerprint density at radius 2 is 1.97 bits per heavy atom. The molecule has 0 unspecified atom stereocenters. The molecule has 1 amide bonds. The Morgan fingerprint density at radius 3 is 2.71 bits per heavy atom. The van der Waals surface area contributed by atoms with Gasteiger partial charge in [-0.25, -0.2) is 9.97 Å². The predicted octanol–water partition coefficient (Wildman–Crippen LogP) is 2.27. The van der Waals surface area contributed by atoms with Gasteiger partial charge in [-0.1, -0.05) is 24.5 Å². The van der Waals surface area contributed by atoms with E-state index in [4.69, 9.17) is 10.6 Å². The maximum Gasteiger partial charge on any atom is 0.289 e. The molecule has 1 aromatic carbocycles. The second-order valence-corrected chi connectivity index (χ2v) is 8.52. The number of nitrogens with zero attached hydrogens (tertiary/aromatic N) is 3. The molecular formula is C22H31N7O2. The van der Waals surface area contributed by atoms with Crippen LogP contribution in [0, 0.1) is 12.8 Å². The molecule has 5 N–H and O–H groups in total. The number of fused-ring (bicyclic) bond motifs is 1. The number of amides is 1. The molecule has 9 nitrogen and oxygen atoms in total. The Labute approximate surface area is 182 Å². The lowest BCUT2D eigenvalue weighted by Gasteiger charge is -2.33. The minimum atomic E-state index is -0.229. The van der Waals surface area contributed by atoms with Crippen LogP contribution in [0.1, 0.15) is 54.7 Å². The normalized spacial score (nSPS) is 21.5. The number of anilines is 1. The first kappa shape index (κ1) is 21.1. The summed E-state index contributed by atoms with van der Waals surface area (Å²) in [4.78, 5) is 26.6. The van der Waals surface area contributed by atoms with E-state index in [0.717, 1.165) is 42.1 Å². The summed E-state index contributed by atoms with van der Waals surface area (Å²) < 4.78 is 0. The number of nitrogens with two attached hydrogens (primary N) is 1. The highest BCUT2D eigenvalue weighted by atomic mass is 16.6. The minimum absolute atomic E-state index is 0.0783. The third kappa shape index (κ3) is 5.34. The maximum absolute atomic E-state index is 12.7. The van der Waals surface area contributed by atoms with Crippen LogP contribution in [0.2, 0.25) is 0 Å². The van der Waals surface area contributed by atoms with Crippen molar-refractivity contribution in [1.82, 2.24) is 20.6 Å². The van der Waals surface area contributed by atoms with Gasteiger partial charge in [0.25, 0.3) is 5.91 Å². The number of aromatic nitrogens is 2. The van der Waals surface area contributed by atoms with E-state index in [0.29, 0.717) is 18.3 Å². The van der Waals surface area contributed by atoms with Gasteiger partial charge in [-0.05, 0) is 55.8 Å². The zero-order chi connectivity index (χ0) is 21.8. The Bertz CT molecular complexity index is 974. The SMILES string of the molecule is CO/N=C(/N)N[C@@H]1CCCC[C@@H]1Nc1nc(C(=O)NCC2CC2)nc2ccc(C)cc12. The number of nitrogens with one attached hydrogen (secondary N) is 3. The van der Waals surface area contributed by atoms with Gasteiger partial charge in [0.15, 0.2) is 0 Å². The highest BCUT2D eigenvalue weighted by molar-refractivity contribution is 5.96. The fraction of sp³-hybridized carbons (Fsp3) is 0.545. The lowest BCUT2D eigenvalue weighted by atomic mass is 9.90. The van der Waals surface area contributed by atoms with Gasteiger partial charge in [-0.15, -0.1) is 0 Å². The number of hydrogen-bond donors (Lipinski definition) is 4. The molecule has 2 aliphatic rings. The quantitative estimate of drug-likeness (QED) is 0.304. The van der Waals surface area contributed by atoms with Crippen molar-refractivity contribution in [3.05, 3.63) is 29.6 Å². The van der Waals surface area contributed by atoms with Crippen LogP contribution >= 0.6 is 0 Å². The Balaban J connectivity index is 1.61. The van der Waals surface area contributed by atoms with Crippen LogP contribution < -0.4 is 21.7 Å². The molecule has 1 aromatic heterocycles. The number of rotatable bonds is 7. The van der Waals surface area contributed by atoms with E-state index in [1.165, 1.54) is 20.0 Å². The monoisotopic (exact) mass is 425 g/mol. The van der Waals surface area contributed by atoms with Gasteiger partial charge in [0, 0.05) is 24.0 Å². The van der Waals surface area contributed by atoms with Crippen molar-refractivity contribution in [1.29, 1.82) is 0 Å². The second-order valence-electron chi connectivity index (χ2n) is 8.52. The first-order valence-electron chi connectivity index (χ1n) is 11.0. The van der Waals surface area contributed by atoms with Gasteiger partial charge in [0.1, 0.15) is 12.9 Å². The molecule has 0 saturated heterocycles. The predicted molar refractivity (Wildman–Crippen MR) is 121 cm³/mol. The fourth-order valence-electron chi connectivity index (χ4n) is 4.06. The topological polar surface area (TPSA) is 127 Å². The molecular weight excluding hydrogens is 394 g/mol. The average Bonchev–Trinajstić information content (AvgIpc) is 3.58. The summed E-state index contributed by atoms with van der Waals surface area (Å²) >= 11 is 0. The third-order valence-corrected chi connectivity index (χ3v) is 5.91. The highest BCUT2D eigenvalue weighted by Gasteiger charge is 2.27. The van der Waals surface area contributed by atoms with Gasteiger partial charge in [-0.2, -0.15) is 0 Å². The van der Waals surface area contributed by atoms with Crippen molar-refractivity contribution >= 4 is 28.6 Å². The smallest absolute Gasteiger partial charge is 0.289 e.